The number of nitrogens with zero attached hydrogens (tertiary/aromatic N) is 2. The van der Waals surface area contributed by atoms with Crippen molar-refractivity contribution in [1.29, 1.82) is 0 Å². The Balaban J connectivity index is 1.40. The maximum Gasteiger partial charge on any atom is 0.317 e. The lowest BCUT2D eigenvalue weighted by Gasteiger charge is -2.36. The molecule has 1 N–H and O–H groups in total. The van der Waals surface area contributed by atoms with Gasteiger partial charge >= 0.3 is 6.03 Å². The molecule has 6 heteroatoms. The van der Waals surface area contributed by atoms with Gasteiger partial charge in [-0.25, -0.2) is 4.79 Å². The minimum atomic E-state index is -0.0368. The Labute approximate surface area is 165 Å². The van der Waals surface area contributed by atoms with Gasteiger partial charge in [-0.05, 0) is 49.2 Å². The Morgan fingerprint density at radius 3 is 2.59 bits per heavy atom. The standard InChI is InChI=1S/C21H26ClN3O2/c1-16-5-3-8-20(17(16)2)27-14-9-23-21(26)25-12-10-24(11-13-25)19-7-4-6-18(22)15-19/h3-8,15H,9-14H2,1-2H3,(H,23,26). The van der Waals surface area contributed by atoms with Gasteiger partial charge in [0.25, 0.3) is 0 Å². The van der Waals surface area contributed by atoms with Gasteiger partial charge in [0.2, 0.25) is 0 Å². The predicted octanol–water partition coefficient (Wildman–Crippen LogP) is 3.87. The molecule has 2 amide bonds. The summed E-state index contributed by atoms with van der Waals surface area (Å²) in [5.41, 5.74) is 3.44. The lowest BCUT2D eigenvalue weighted by atomic mass is 10.1. The van der Waals surface area contributed by atoms with E-state index in [-0.39, 0.29) is 6.03 Å². The van der Waals surface area contributed by atoms with Gasteiger partial charge in [0.15, 0.2) is 0 Å². The van der Waals surface area contributed by atoms with Crippen LogP contribution >= 0.6 is 11.6 Å². The fourth-order valence-electron chi connectivity index (χ4n) is 3.15. The van der Waals surface area contributed by atoms with Crippen molar-refractivity contribution >= 4 is 23.3 Å². The van der Waals surface area contributed by atoms with E-state index in [1.165, 1.54) is 5.56 Å². The molecule has 27 heavy (non-hydrogen) atoms. The minimum absolute atomic E-state index is 0.0368. The Morgan fingerprint density at radius 2 is 1.85 bits per heavy atom. The third-order valence-corrected chi connectivity index (χ3v) is 5.17. The van der Waals surface area contributed by atoms with Crippen molar-refractivity contribution in [2.24, 2.45) is 0 Å². The van der Waals surface area contributed by atoms with Crippen molar-refractivity contribution in [3.05, 3.63) is 58.6 Å². The molecule has 2 aromatic rings. The number of hydrogen-bond donors (Lipinski definition) is 1. The highest BCUT2D eigenvalue weighted by Crippen LogP contribution is 2.21. The Hall–Kier alpha value is -2.40. The largest absolute Gasteiger partial charge is 0.491 e. The molecular weight excluding hydrogens is 362 g/mol. The molecule has 144 valence electrons. The maximum absolute atomic E-state index is 12.3. The molecule has 0 atom stereocenters. The van der Waals surface area contributed by atoms with Crippen LogP contribution in [0.15, 0.2) is 42.5 Å². The van der Waals surface area contributed by atoms with Gasteiger partial charge in [-0.2, -0.15) is 0 Å². The second-order valence-electron chi connectivity index (χ2n) is 6.73. The van der Waals surface area contributed by atoms with Crippen molar-refractivity contribution < 1.29 is 9.53 Å². The van der Waals surface area contributed by atoms with Crippen LogP contribution in [0.1, 0.15) is 11.1 Å². The summed E-state index contributed by atoms with van der Waals surface area (Å²) in [6.07, 6.45) is 0. The van der Waals surface area contributed by atoms with Gasteiger partial charge in [-0.1, -0.05) is 29.8 Å². The molecule has 2 aromatic carbocycles. The molecule has 0 saturated carbocycles. The highest BCUT2D eigenvalue weighted by atomic mass is 35.5. The van der Waals surface area contributed by atoms with Gasteiger partial charge in [-0.3, -0.25) is 0 Å². The Morgan fingerprint density at radius 1 is 1.11 bits per heavy atom. The third kappa shape index (κ3) is 5.07. The van der Waals surface area contributed by atoms with E-state index in [1.807, 2.05) is 48.2 Å². The molecule has 0 bridgehead atoms. The first kappa shape index (κ1) is 19.4. The molecule has 5 nitrogen and oxygen atoms in total. The highest BCUT2D eigenvalue weighted by molar-refractivity contribution is 6.30. The number of halogens is 1. The van der Waals surface area contributed by atoms with Gasteiger partial charge in [-0.15, -0.1) is 0 Å². The van der Waals surface area contributed by atoms with Crippen molar-refractivity contribution in [1.82, 2.24) is 10.2 Å². The molecule has 0 aliphatic carbocycles. The van der Waals surface area contributed by atoms with Crippen LogP contribution in [0.4, 0.5) is 10.5 Å². The number of nitrogens with one attached hydrogen (secondary N) is 1. The van der Waals surface area contributed by atoms with Crippen LogP contribution in [0, 0.1) is 13.8 Å². The van der Waals surface area contributed by atoms with Gasteiger partial charge in [0.1, 0.15) is 12.4 Å². The van der Waals surface area contributed by atoms with Crippen molar-refractivity contribution in [3.8, 4) is 5.75 Å². The number of piperazine rings is 1. The monoisotopic (exact) mass is 387 g/mol. The Bertz CT molecular complexity index is 789. The first-order valence-electron chi connectivity index (χ1n) is 9.27. The zero-order chi connectivity index (χ0) is 19.2. The summed E-state index contributed by atoms with van der Waals surface area (Å²) in [4.78, 5) is 16.4. The van der Waals surface area contributed by atoms with E-state index in [0.717, 1.165) is 35.1 Å². The average molecular weight is 388 g/mol. The molecule has 0 radical (unpaired) electrons. The van der Waals surface area contributed by atoms with Crippen LogP contribution in [0.2, 0.25) is 5.02 Å². The number of carbonyl (C=O) groups is 1. The molecule has 1 aliphatic rings. The minimum Gasteiger partial charge on any atom is -0.491 e. The Kier molecular flexibility index (Phi) is 6.45. The molecule has 1 fully saturated rings. The topological polar surface area (TPSA) is 44.8 Å². The van der Waals surface area contributed by atoms with Gasteiger partial charge in [0.05, 0.1) is 6.54 Å². The lowest BCUT2D eigenvalue weighted by molar-refractivity contribution is 0.191. The van der Waals surface area contributed by atoms with E-state index in [2.05, 4.69) is 23.2 Å². The molecule has 3 rings (SSSR count). The van der Waals surface area contributed by atoms with Crippen LogP contribution in [0.25, 0.3) is 0 Å². The van der Waals surface area contributed by atoms with Crippen LogP contribution in [-0.2, 0) is 0 Å². The van der Waals surface area contributed by atoms with Gasteiger partial charge < -0.3 is 19.9 Å². The third-order valence-electron chi connectivity index (χ3n) is 4.93. The van der Waals surface area contributed by atoms with E-state index in [9.17, 15) is 4.79 Å². The number of ether oxygens (including phenoxy) is 1. The summed E-state index contributed by atoms with van der Waals surface area (Å²) in [6, 6.07) is 13.8. The first-order valence-corrected chi connectivity index (χ1v) is 9.64. The normalized spacial score (nSPS) is 14.2. The SMILES string of the molecule is Cc1cccc(OCCNC(=O)N2CCN(c3cccc(Cl)c3)CC2)c1C. The summed E-state index contributed by atoms with van der Waals surface area (Å²) >= 11 is 6.06. The van der Waals surface area contributed by atoms with Crippen LogP contribution < -0.4 is 15.0 Å². The summed E-state index contributed by atoms with van der Waals surface area (Å²) in [5, 5.41) is 3.68. The number of benzene rings is 2. The average Bonchev–Trinajstić information content (AvgIpc) is 2.68. The van der Waals surface area contributed by atoms with E-state index in [0.29, 0.717) is 26.2 Å². The summed E-state index contributed by atoms with van der Waals surface area (Å²) < 4.78 is 5.79. The van der Waals surface area contributed by atoms with Crippen LogP contribution in [-0.4, -0.2) is 50.3 Å². The predicted molar refractivity (Wildman–Crippen MR) is 110 cm³/mol. The second-order valence-corrected chi connectivity index (χ2v) is 7.17. The smallest absolute Gasteiger partial charge is 0.317 e. The van der Waals surface area contributed by atoms with Crippen LogP contribution in [0.3, 0.4) is 0 Å². The van der Waals surface area contributed by atoms with E-state index >= 15 is 0 Å². The first-order chi connectivity index (χ1) is 13.0. The van der Waals surface area contributed by atoms with Crippen molar-refractivity contribution in [3.63, 3.8) is 0 Å². The summed E-state index contributed by atoms with van der Waals surface area (Å²) in [7, 11) is 0. The second kappa shape index (κ2) is 9.00. The zero-order valence-corrected chi connectivity index (χ0v) is 16.6. The fourth-order valence-corrected chi connectivity index (χ4v) is 3.34. The number of hydrogen-bond acceptors (Lipinski definition) is 3. The van der Waals surface area contributed by atoms with E-state index < -0.39 is 0 Å². The van der Waals surface area contributed by atoms with Crippen molar-refractivity contribution in [2.45, 2.75) is 13.8 Å². The molecule has 1 aliphatic heterocycles. The molecular formula is C21H26ClN3O2. The molecule has 0 unspecified atom stereocenters. The number of anilines is 1. The molecule has 0 aromatic heterocycles. The number of amides is 2. The van der Waals surface area contributed by atoms with E-state index in [4.69, 9.17) is 16.3 Å². The quantitative estimate of drug-likeness (QED) is 0.792. The zero-order valence-electron chi connectivity index (χ0n) is 15.9. The fraction of sp³-hybridized carbons (Fsp3) is 0.381. The number of urea groups is 1. The number of aryl methyl sites for hydroxylation is 1. The summed E-state index contributed by atoms with van der Waals surface area (Å²) in [6.45, 7) is 8.03. The highest BCUT2D eigenvalue weighted by Gasteiger charge is 2.21. The molecule has 1 heterocycles. The molecule has 1 saturated heterocycles. The van der Waals surface area contributed by atoms with Gasteiger partial charge in [0, 0.05) is 36.9 Å². The number of carbonyl (C=O) groups excluding carboxylic acids is 1. The number of rotatable bonds is 5. The van der Waals surface area contributed by atoms with Crippen molar-refractivity contribution in [2.75, 3.05) is 44.2 Å². The summed E-state index contributed by atoms with van der Waals surface area (Å²) in [5.74, 6) is 0.874. The lowest BCUT2D eigenvalue weighted by Crippen LogP contribution is -2.52. The van der Waals surface area contributed by atoms with Crippen LogP contribution in [0.5, 0.6) is 5.75 Å². The molecule has 0 spiro atoms. The maximum atomic E-state index is 12.3. The van der Waals surface area contributed by atoms with E-state index in [1.54, 1.807) is 0 Å².